The van der Waals surface area contributed by atoms with E-state index >= 15 is 0 Å². The average molecular weight is 249 g/mol. The van der Waals surface area contributed by atoms with Crippen molar-refractivity contribution in [2.24, 2.45) is 0 Å². The maximum absolute atomic E-state index is 4.34. The van der Waals surface area contributed by atoms with Crippen LogP contribution in [0.1, 0.15) is 11.6 Å². The molecule has 2 aliphatic heterocycles. The van der Waals surface area contributed by atoms with E-state index in [0.717, 1.165) is 32.7 Å². The fraction of sp³-hybridized carbons (Fsp3) is 0.769. The van der Waals surface area contributed by atoms with Crippen LogP contribution in [0.3, 0.4) is 0 Å². The van der Waals surface area contributed by atoms with E-state index in [1.807, 2.05) is 12.5 Å². The first kappa shape index (κ1) is 12.1. The number of rotatable bonds is 3. The molecule has 1 unspecified atom stereocenters. The molecule has 0 bridgehead atoms. The van der Waals surface area contributed by atoms with Crippen LogP contribution >= 0.6 is 0 Å². The standard InChI is InChI=1S/C13H23N5/c1-16-3-4-17(2)12(8-16)9-18-10-15-7-13(18)11-5-14-6-11/h7,10-12,14H,3-6,8-9H2,1-2H3. The van der Waals surface area contributed by atoms with Crippen molar-refractivity contribution >= 4 is 0 Å². The van der Waals surface area contributed by atoms with Crippen molar-refractivity contribution in [3.8, 4) is 0 Å². The lowest BCUT2D eigenvalue weighted by molar-refractivity contribution is 0.102. The molecule has 1 atom stereocenters. The van der Waals surface area contributed by atoms with Gasteiger partial charge in [0.1, 0.15) is 0 Å². The van der Waals surface area contributed by atoms with Crippen molar-refractivity contribution in [2.75, 3.05) is 46.8 Å². The first-order valence-electron chi connectivity index (χ1n) is 6.83. The Morgan fingerprint density at radius 3 is 2.89 bits per heavy atom. The van der Waals surface area contributed by atoms with Crippen LogP contribution in [-0.2, 0) is 6.54 Å². The molecule has 0 saturated carbocycles. The molecule has 2 aliphatic rings. The summed E-state index contributed by atoms with van der Waals surface area (Å²) < 4.78 is 2.35. The van der Waals surface area contributed by atoms with Gasteiger partial charge in [0.05, 0.1) is 6.33 Å². The molecule has 0 aliphatic carbocycles. The molecular formula is C13H23N5. The highest BCUT2D eigenvalue weighted by molar-refractivity contribution is 5.12. The minimum absolute atomic E-state index is 0.602. The van der Waals surface area contributed by atoms with Crippen LogP contribution in [-0.4, -0.2) is 72.2 Å². The van der Waals surface area contributed by atoms with E-state index < -0.39 is 0 Å². The van der Waals surface area contributed by atoms with E-state index in [1.165, 1.54) is 12.2 Å². The average Bonchev–Trinajstić information content (AvgIpc) is 2.70. The Hall–Kier alpha value is -0.910. The van der Waals surface area contributed by atoms with Gasteiger partial charge in [-0.15, -0.1) is 0 Å². The number of likely N-dealkylation sites (N-methyl/N-ethyl adjacent to an activating group) is 2. The molecule has 1 aromatic rings. The minimum atomic E-state index is 0.602. The molecule has 100 valence electrons. The van der Waals surface area contributed by atoms with Gasteiger partial charge in [-0.2, -0.15) is 0 Å². The SMILES string of the molecule is CN1CCN(C)C(Cn2cncc2C2CNC2)C1. The Morgan fingerprint density at radius 1 is 1.33 bits per heavy atom. The molecule has 18 heavy (non-hydrogen) atoms. The first-order valence-corrected chi connectivity index (χ1v) is 6.83. The number of imidazole rings is 1. The Balaban J connectivity index is 1.69. The van der Waals surface area contributed by atoms with Gasteiger partial charge in [0.2, 0.25) is 0 Å². The lowest BCUT2D eigenvalue weighted by atomic mass is 9.99. The summed E-state index contributed by atoms with van der Waals surface area (Å²) in [6, 6.07) is 0.602. The molecule has 3 rings (SSSR count). The molecule has 0 amide bonds. The topological polar surface area (TPSA) is 36.3 Å². The van der Waals surface area contributed by atoms with Gasteiger partial charge in [-0.1, -0.05) is 0 Å². The zero-order chi connectivity index (χ0) is 12.5. The minimum Gasteiger partial charge on any atom is -0.333 e. The van der Waals surface area contributed by atoms with Gasteiger partial charge in [0.15, 0.2) is 0 Å². The monoisotopic (exact) mass is 249 g/mol. The molecule has 0 aromatic carbocycles. The fourth-order valence-corrected chi connectivity index (χ4v) is 2.85. The predicted molar refractivity (Wildman–Crippen MR) is 71.8 cm³/mol. The Kier molecular flexibility index (Phi) is 3.37. The summed E-state index contributed by atoms with van der Waals surface area (Å²) in [6.07, 6.45) is 4.04. The molecule has 5 heteroatoms. The molecule has 1 aromatic heterocycles. The second-order valence-corrected chi connectivity index (χ2v) is 5.72. The third kappa shape index (κ3) is 2.30. The number of hydrogen-bond acceptors (Lipinski definition) is 4. The Morgan fingerprint density at radius 2 is 2.17 bits per heavy atom. The zero-order valence-electron chi connectivity index (χ0n) is 11.3. The zero-order valence-corrected chi connectivity index (χ0v) is 11.3. The van der Waals surface area contributed by atoms with E-state index in [9.17, 15) is 0 Å². The summed E-state index contributed by atoms with van der Waals surface area (Å²) in [5.74, 6) is 0.666. The number of aromatic nitrogens is 2. The van der Waals surface area contributed by atoms with Crippen molar-refractivity contribution in [1.82, 2.24) is 24.7 Å². The van der Waals surface area contributed by atoms with Crippen LogP contribution in [0.25, 0.3) is 0 Å². The van der Waals surface area contributed by atoms with Crippen molar-refractivity contribution in [3.05, 3.63) is 18.2 Å². The molecule has 0 radical (unpaired) electrons. The van der Waals surface area contributed by atoms with Crippen LogP contribution < -0.4 is 5.32 Å². The summed E-state index contributed by atoms with van der Waals surface area (Å²) >= 11 is 0. The van der Waals surface area contributed by atoms with Gasteiger partial charge >= 0.3 is 0 Å². The van der Waals surface area contributed by atoms with Gasteiger partial charge in [-0.3, -0.25) is 4.90 Å². The maximum atomic E-state index is 4.34. The van der Waals surface area contributed by atoms with Crippen molar-refractivity contribution in [3.63, 3.8) is 0 Å². The van der Waals surface area contributed by atoms with E-state index in [1.54, 1.807) is 0 Å². The fourth-order valence-electron chi connectivity index (χ4n) is 2.85. The van der Waals surface area contributed by atoms with Gasteiger partial charge in [-0.25, -0.2) is 4.98 Å². The first-order chi connectivity index (χ1) is 8.74. The quantitative estimate of drug-likeness (QED) is 0.806. The highest BCUT2D eigenvalue weighted by atomic mass is 15.3. The van der Waals surface area contributed by atoms with Crippen molar-refractivity contribution in [1.29, 1.82) is 0 Å². The van der Waals surface area contributed by atoms with Crippen LogP contribution in [0.4, 0.5) is 0 Å². The number of piperazine rings is 1. The molecule has 0 spiro atoms. The van der Waals surface area contributed by atoms with Gasteiger partial charge in [-0.05, 0) is 14.1 Å². The van der Waals surface area contributed by atoms with E-state index in [-0.39, 0.29) is 0 Å². The highest BCUT2D eigenvalue weighted by Gasteiger charge is 2.26. The van der Waals surface area contributed by atoms with Crippen LogP contribution in [0, 0.1) is 0 Å². The molecule has 2 saturated heterocycles. The maximum Gasteiger partial charge on any atom is 0.0948 e. The Labute approximate surface area is 109 Å². The van der Waals surface area contributed by atoms with E-state index in [4.69, 9.17) is 0 Å². The Bertz CT molecular complexity index is 398. The van der Waals surface area contributed by atoms with Gasteiger partial charge in [0.25, 0.3) is 0 Å². The summed E-state index contributed by atoms with van der Waals surface area (Å²) in [5.41, 5.74) is 1.40. The lowest BCUT2D eigenvalue weighted by Gasteiger charge is -2.38. The summed E-state index contributed by atoms with van der Waals surface area (Å²) in [6.45, 7) is 6.76. The third-order valence-electron chi connectivity index (χ3n) is 4.33. The van der Waals surface area contributed by atoms with Crippen LogP contribution in [0.15, 0.2) is 12.5 Å². The molecule has 1 N–H and O–H groups in total. The number of nitrogens with zero attached hydrogens (tertiary/aromatic N) is 4. The normalized spacial score (nSPS) is 27.3. The summed E-state index contributed by atoms with van der Waals surface area (Å²) in [5, 5.41) is 3.34. The third-order valence-corrected chi connectivity index (χ3v) is 4.33. The highest BCUT2D eigenvalue weighted by Crippen LogP contribution is 2.20. The number of nitrogens with one attached hydrogen (secondary N) is 1. The largest absolute Gasteiger partial charge is 0.333 e. The van der Waals surface area contributed by atoms with Crippen LogP contribution in [0.2, 0.25) is 0 Å². The molecule has 2 fully saturated rings. The molecule has 5 nitrogen and oxygen atoms in total. The van der Waals surface area contributed by atoms with Crippen molar-refractivity contribution in [2.45, 2.75) is 18.5 Å². The smallest absolute Gasteiger partial charge is 0.0948 e. The summed E-state index contributed by atoms with van der Waals surface area (Å²) in [4.78, 5) is 9.24. The predicted octanol–water partition coefficient (Wildman–Crippen LogP) is -0.184. The van der Waals surface area contributed by atoms with Gasteiger partial charge < -0.3 is 14.8 Å². The second-order valence-electron chi connectivity index (χ2n) is 5.72. The van der Waals surface area contributed by atoms with Crippen LogP contribution in [0.5, 0.6) is 0 Å². The summed E-state index contributed by atoms with van der Waals surface area (Å²) in [7, 11) is 4.45. The molecule has 3 heterocycles. The van der Waals surface area contributed by atoms with E-state index in [0.29, 0.717) is 12.0 Å². The van der Waals surface area contributed by atoms with E-state index in [2.05, 4.69) is 38.8 Å². The lowest BCUT2D eigenvalue weighted by Crippen LogP contribution is -2.51. The number of hydrogen-bond donors (Lipinski definition) is 1. The second kappa shape index (κ2) is 4.99. The van der Waals surface area contributed by atoms with Gasteiger partial charge in [0, 0.05) is 63.1 Å². The van der Waals surface area contributed by atoms with Crippen molar-refractivity contribution < 1.29 is 0 Å². The molecular weight excluding hydrogens is 226 g/mol.